The number of likely N-dealkylation sites (tertiary alicyclic amines) is 1. The van der Waals surface area contributed by atoms with Gasteiger partial charge in [0.15, 0.2) is 0 Å². The van der Waals surface area contributed by atoms with Crippen LogP contribution in [0.25, 0.3) is 6.08 Å². The van der Waals surface area contributed by atoms with Gasteiger partial charge in [-0.05, 0) is 50.5 Å². The summed E-state index contributed by atoms with van der Waals surface area (Å²) in [6.07, 6.45) is 4.36. The van der Waals surface area contributed by atoms with Crippen molar-refractivity contribution in [3.05, 3.63) is 41.5 Å². The number of amides is 2. The van der Waals surface area contributed by atoms with Gasteiger partial charge >= 0.3 is 5.97 Å². The van der Waals surface area contributed by atoms with Crippen LogP contribution in [0.1, 0.15) is 42.6 Å². The number of carbonyl (C=O) groups is 3. The Morgan fingerprint density at radius 3 is 2.52 bits per heavy atom. The first-order chi connectivity index (χ1) is 11.9. The fourth-order valence-electron chi connectivity index (χ4n) is 2.74. The zero-order valence-corrected chi connectivity index (χ0v) is 14.8. The van der Waals surface area contributed by atoms with Gasteiger partial charge in [-0.3, -0.25) is 9.59 Å². The van der Waals surface area contributed by atoms with Crippen molar-refractivity contribution in [2.45, 2.75) is 38.8 Å². The molecule has 1 N–H and O–H groups in total. The Labute approximate surface area is 147 Å². The fraction of sp³-hybridized carbons (Fsp3) is 0.421. The Bertz CT molecular complexity index is 665. The maximum Gasteiger partial charge on any atom is 0.329 e. The molecule has 134 valence electrons. The highest BCUT2D eigenvalue weighted by molar-refractivity contribution is 5.96. The molecule has 1 heterocycles. The Morgan fingerprint density at radius 1 is 1.24 bits per heavy atom. The number of hydrogen-bond donors (Lipinski definition) is 1. The summed E-state index contributed by atoms with van der Waals surface area (Å²) >= 11 is 0. The van der Waals surface area contributed by atoms with Crippen molar-refractivity contribution in [2.75, 3.05) is 13.6 Å². The molecule has 1 aliphatic rings. The highest BCUT2D eigenvalue weighted by atomic mass is 16.5. The van der Waals surface area contributed by atoms with Crippen LogP contribution in [0.3, 0.4) is 0 Å². The van der Waals surface area contributed by atoms with Gasteiger partial charge in [0.25, 0.3) is 5.91 Å². The van der Waals surface area contributed by atoms with E-state index in [1.807, 2.05) is 0 Å². The van der Waals surface area contributed by atoms with E-state index in [-0.39, 0.29) is 23.9 Å². The van der Waals surface area contributed by atoms with Gasteiger partial charge in [0.2, 0.25) is 5.91 Å². The van der Waals surface area contributed by atoms with Gasteiger partial charge in [-0.15, -0.1) is 0 Å². The minimum atomic E-state index is -0.504. The van der Waals surface area contributed by atoms with Crippen molar-refractivity contribution in [1.82, 2.24) is 10.2 Å². The molecular weight excluding hydrogens is 320 g/mol. The summed E-state index contributed by atoms with van der Waals surface area (Å²) < 4.78 is 5.23. The zero-order valence-electron chi connectivity index (χ0n) is 14.8. The first kappa shape index (κ1) is 18.7. The van der Waals surface area contributed by atoms with Gasteiger partial charge in [0.05, 0.1) is 6.10 Å². The van der Waals surface area contributed by atoms with Crippen molar-refractivity contribution in [3.63, 3.8) is 0 Å². The number of nitrogens with zero attached hydrogens (tertiary/aromatic N) is 1. The Balaban J connectivity index is 2.01. The van der Waals surface area contributed by atoms with Crippen LogP contribution in [-0.2, 0) is 14.3 Å². The SMILES string of the molecule is CNC(=O)c1ccc(/C=C/C(=O)N2CCC[C@H]2C(=O)OC(C)C)cc1. The average molecular weight is 344 g/mol. The van der Waals surface area contributed by atoms with Crippen LogP contribution in [0.4, 0.5) is 0 Å². The molecule has 1 atom stereocenters. The molecule has 1 saturated heterocycles. The number of ether oxygens (including phenoxy) is 1. The van der Waals surface area contributed by atoms with Gasteiger partial charge < -0.3 is 15.0 Å². The smallest absolute Gasteiger partial charge is 0.329 e. The van der Waals surface area contributed by atoms with Crippen LogP contribution in [0.15, 0.2) is 30.3 Å². The van der Waals surface area contributed by atoms with E-state index in [0.717, 1.165) is 12.0 Å². The van der Waals surface area contributed by atoms with Crippen LogP contribution < -0.4 is 5.32 Å². The molecule has 2 amide bonds. The molecule has 2 rings (SSSR count). The molecule has 1 aromatic carbocycles. The van der Waals surface area contributed by atoms with E-state index >= 15 is 0 Å². The highest BCUT2D eigenvalue weighted by Gasteiger charge is 2.34. The van der Waals surface area contributed by atoms with E-state index in [2.05, 4.69) is 5.32 Å². The molecule has 1 aromatic rings. The molecule has 0 bridgehead atoms. The lowest BCUT2D eigenvalue weighted by Gasteiger charge is -2.22. The fourth-order valence-corrected chi connectivity index (χ4v) is 2.74. The zero-order chi connectivity index (χ0) is 18.4. The molecule has 0 spiro atoms. The molecule has 1 fully saturated rings. The van der Waals surface area contributed by atoms with Crippen molar-refractivity contribution in [1.29, 1.82) is 0 Å². The number of nitrogens with one attached hydrogen (secondary N) is 1. The Hall–Kier alpha value is -2.63. The minimum Gasteiger partial charge on any atom is -0.461 e. The Morgan fingerprint density at radius 2 is 1.92 bits per heavy atom. The van der Waals surface area contributed by atoms with Crippen molar-refractivity contribution in [3.8, 4) is 0 Å². The van der Waals surface area contributed by atoms with Gasteiger partial charge in [0.1, 0.15) is 6.04 Å². The summed E-state index contributed by atoms with van der Waals surface area (Å²) in [5, 5.41) is 2.56. The number of hydrogen-bond acceptors (Lipinski definition) is 4. The maximum absolute atomic E-state index is 12.4. The molecule has 1 aliphatic heterocycles. The van der Waals surface area contributed by atoms with Gasteiger partial charge in [-0.25, -0.2) is 4.79 Å². The second-order valence-electron chi connectivity index (χ2n) is 6.21. The van der Waals surface area contributed by atoms with Gasteiger partial charge in [-0.2, -0.15) is 0 Å². The van der Waals surface area contributed by atoms with Crippen LogP contribution in [0.2, 0.25) is 0 Å². The lowest BCUT2D eigenvalue weighted by Crippen LogP contribution is -2.41. The summed E-state index contributed by atoms with van der Waals surface area (Å²) in [7, 11) is 1.57. The molecular formula is C19H24N2O4. The molecule has 0 aromatic heterocycles. The van der Waals surface area contributed by atoms with Crippen molar-refractivity contribution in [2.24, 2.45) is 0 Å². The monoisotopic (exact) mass is 344 g/mol. The first-order valence-corrected chi connectivity index (χ1v) is 8.43. The standard InChI is InChI=1S/C19H24N2O4/c1-13(2)25-19(24)16-5-4-12-21(16)17(22)11-8-14-6-9-15(10-7-14)18(23)20-3/h6-11,13,16H,4-5,12H2,1-3H3,(H,20,23)/b11-8+/t16-/m0/s1. The normalized spacial score (nSPS) is 17.1. The van der Waals surface area contributed by atoms with Gasteiger partial charge in [-0.1, -0.05) is 12.1 Å². The van der Waals surface area contributed by atoms with E-state index in [0.29, 0.717) is 18.5 Å². The van der Waals surface area contributed by atoms with Crippen LogP contribution >= 0.6 is 0 Å². The summed E-state index contributed by atoms with van der Waals surface area (Å²) in [5.74, 6) is -0.710. The summed E-state index contributed by atoms with van der Waals surface area (Å²) in [6, 6.07) is 6.42. The second kappa shape index (κ2) is 8.46. The average Bonchev–Trinajstić information content (AvgIpc) is 3.09. The minimum absolute atomic E-state index is 0.157. The molecule has 0 aliphatic carbocycles. The second-order valence-corrected chi connectivity index (χ2v) is 6.21. The molecule has 25 heavy (non-hydrogen) atoms. The van der Waals surface area contributed by atoms with Gasteiger partial charge in [0, 0.05) is 25.2 Å². The van der Waals surface area contributed by atoms with Crippen LogP contribution in [0, 0.1) is 0 Å². The lowest BCUT2D eigenvalue weighted by molar-refractivity contribution is -0.155. The third kappa shape index (κ3) is 4.92. The third-order valence-corrected chi connectivity index (χ3v) is 3.98. The highest BCUT2D eigenvalue weighted by Crippen LogP contribution is 2.20. The van der Waals surface area contributed by atoms with Crippen LogP contribution in [0.5, 0.6) is 0 Å². The number of rotatable bonds is 5. The van der Waals surface area contributed by atoms with E-state index in [4.69, 9.17) is 4.74 Å². The molecule has 0 unspecified atom stereocenters. The lowest BCUT2D eigenvalue weighted by atomic mass is 10.1. The summed E-state index contributed by atoms with van der Waals surface area (Å²) in [5.41, 5.74) is 1.36. The molecule has 6 nitrogen and oxygen atoms in total. The van der Waals surface area contributed by atoms with E-state index in [9.17, 15) is 14.4 Å². The number of benzene rings is 1. The van der Waals surface area contributed by atoms with Crippen LogP contribution in [-0.4, -0.2) is 48.4 Å². The van der Waals surface area contributed by atoms with E-state index < -0.39 is 6.04 Å². The predicted molar refractivity (Wildman–Crippen MR) is 94.8 cm³/mol. The van der Waals surface area contributed by atoms with E-state index in [1.54, 1.807) is 56.1 Å². The number of esters is 1. The molecule has 6 heteroatoms. The van der Waals surface area contributed by atoms with E-state index in [1.165, 1.54) is 6.08 Å². The number of carbonyl (C=O) groups excluding carboxylic acids is 3. The third-order valence-electron chi connectivity index (χ3n) is 3.98. The first-order valence-electron chi connectivity index (χ1n) is 8.43. The Kier molecular flexibility index (Phi) is 6.33. The molecule has 0 saturated carbocycles. The summed E-state index contributed by atoms with van der Waals surface area (Å²) in [4.78, 5) is 37.6. The largest absolute Gasteiger partial charge is 0.461 e. The van der Waals surface area contributed by atoms with Crippen molar-refractivity contribution < 1.29 is 19.1 Å². The molecule has 0 radical (unpaired) electrons. The predicted octanol–water partition coefficient (Wildman–Crippen LogP) is 2.00. The quantitative estimate of drug-likeness (QED) is 0.655. The maximum atomic E-state index is 12.4. The topological polar surface area (TPSA) is 75.7 Å². The summed E-state index contributed by atoms with van der Waals surface area (Å²) in [6.45, 7) is 4.14. The van der Waals surface area contributed by atoms with Crippen molar-refractivity contribution >= 4 is 23.9 Å².